The molecule has 7 heteroatoms. The van der Waals surface area contributed by atoms with Gasteiger partial charge in [0.1, 0.15) is 18.1 Å². The van der Waals surface area contributed by atoms with E-state index in [-0.39, 0.29) is 17.6 Å². The van der Waals surface area contributed by atoms with Gasteiger partial charge in [-0.1, -0.05) is 11.6 Å². The summed E-state index contributed by atoms with van der Waals surface area (Å²) in [5.41, 5.74) is 1.28. The van der Waals surface area contributed by atoms with Crippen molar-refractivity contribution in [1.82, 2.24) is 4.98 Å². The Morgan fingerprint density at radius 1 is 1.45 bits per heavy atom. The minimum absolute atomic E-state index is 0.124. The van der Waals surface area contributed by atoms with Gasteiger partial charge in [-0.05, 0) is 30.2 Å². The lowest BCUT2D eigenvalue weighted by Crippen LogP contribution is -2.32. The van der Waals surface area contributed by atoms with Crippen molar-refractivity contribution in [3.63, 3.8) is 0 Å². The molecule has 0 saturated heterocycles. The summed E-state index contributed by atoms with van der Waals surface area (Å²) in [7, 11) is 0. The number of benzene rings is 1. The molecule has 1 aliphatic rings. The van der Waals surface area contributed by atoms with Crippen LogP contribution in [-0.2, 0) is 11.2 Å². The molecule has 5 nitrogen and oxygen atoms in total. The number of fused-ring (bicyclic) bond motifs is 1. The summed E-state index contributed by atoms with van der Waals surface area (Å²) in [5, 5.41) is 5.41. The van der Waals surface area contributed by atoms with Crippen molar-refractivity contribution in [2.24, 2.45) is 5.92 Å². The lowest BCUT2D eigenvalue weighted by Gasteiger charge is -2.24. The van der Waals surface area contributed by atoms with Gasteiger partial charge in [0.25, 0.3) is 0 Å². The van der Waals surface area contributed by atoms with E-state index in [1.165, 1.54) is 18.3 Å². The first-order chi connectivity index (χ1) is 10.5. The maximum Gasteiger partial charge on any atom is 0.233 e. The normalized spacial score (nSPS) is 16.5. The minimum atomic E-state index is -0.310. The number of amides is 1. The minimum Gasteiger partial charge on any atom is -0.492 e. The van der Waals surface area contributed by atoms with Gasteiger partial charge in [-0.15, -0.1) is 11.3 Å². The van der Waals surface area contributed by atoms with Gasteiger partial charge in [0, 0.05) is 17.3 Å². The van der Waals surface area contributed by atoms with Crippen molar-refractivity contribution in [2.45, 2.75) is 13.3 Å². The van der Waals surface area contributed by atoms with E-state index in [9.17, 15) is 9.59 Å². The number of rotatable bonds is 3. The first kappa shape index (κ1) is 15.0. The summed E-state index contributed by atoms with van der Waals surface area (Å²) in [6.07, 6.45) is 0.562. The molecule has 1 aromatic heterocycles. The molecule has 22 heavy (non-hydrogen) atoms. The third-order valence-corrected chi connectivity index (χ3v) is 4.39. The summed E-state index contributed by atoms with van der Waals surface area (Å²) in [5.74, 6) is 0.161. The van der Waals surface area contributed by atoms with Crippen LogP contribution in [-0.4, -0.2) is 23.3 Å². The fourth-order valence-electron chi connectivity index (χ4n) is 2.23. The fourth-order valence-corrected chi connectivity index (χ4v) is 3.18. The van der Waals surface area contributed by atoms with E-state index in [1.807, 2.05) is 12.1 Å². The number of nitrogens with zero attached hydrogens (tertiary/aromatic N) is 1. The van der Waals surface area contributed by atoms with Crippen LogP contribution in [0.4, 0.5) is 5.13 Å². The van der Waals surface area contributed by atoms with E-state index in [0.717, 1.165) is 11.3 Å². The van der Waals surface area contributed by atoms with Gasteiger partial charge < -0.3 is 10.1 Å². The molecule has 1 aromatic carbocycles. The second kappa shape index (κ2) is 6.06. The van der Waals surface area contributed by atoms with E-state index in [0.29, 0.717) is 28.9 Å². The quantitative estimate of drug-likeness (QED) is 0.874. The number of anilines is 1. The summed E-state index contributed by atoms with van der Waals surface area (Å²) >= 11 is 7.20. The smallest absolute Gasteiger partial charge is 0.233 e. The molecule has 0 spiro atoms. The topological polar surface area (TPSA) is 68.3 Å². The Kier molecular flexibility index (Phi) is 4.13. The second-order valence-electron chi connectivity index (χ2n) is 5.05. The van der Waals surface area contributed by atoms with Crippen LogP contribution in [0.3, 0.4) is 0 Å². The molecule has 0 radical (unpaired) electrons. The van der Waals surface area contributed by atoms with Crippen molar-refractivity contribution in [1.29, 1.82) is 0 Å². The van der Waals surface area contributed by atoms with E-state index in [1.54, 1.807) is 11.4 Å². The molecule has 1 aliphatic heterocycles. The molecule has 3 rings (SSSR count). The van der Waals surface area contributed by atoms with Crippen LogP contribution >= 0.6 is 22.9 Å². The van der Waals surface area contributed by atoms with E-state index < -0.39 is 0 Å². The number of hydrogen-bond donors (Lipinski definition) is 1. The average Bonchev–Trinajstić information content (AvgIpc) is 2.95. The molecular formula is C15H13ClN2O3S. The lowest BCUT2D eigenvalue weighted by atomic mass is 9.96. The summed E-state index contributed by atoms with van der Waals surface area (Å²) in [6.45, 7) is 1.75. The van der Waals surface area contributed by atoms with Gasteiger partial charge >= 0.3 is 0 Å². The number of ketones is 1. The molecule has 2 heterocycles. The molecule has 0 saturated carbocycles. The molecule has 1 amide bonds. The standard InChI is InChI=1S/C15H13ClN2O3S/c1-8(19)12-7-22-15(17-12)18-14(20)10-4-9-5-11(16)2-3-13(9)21-6-10/h2-3,5,7,10H,4,6H2,1H3,(H,17,18,20). The summed E-state index contributed by atoms with van der Waals surface area (Å²) in [4.78, 5) is 27.6. The summed E-state index contributed by atoms with van der Waals surface area (Å²) in [6, 6.07) is 5.39. The number of Topliss-reactive ketones (excluding diaryl/α,β-unsaturated/α-hetero) is 1. The molecule has 0 aliphatic carbocycles. The average molecular weight is 337 g/mol. The third kappa shape index (κ3) is 3.13. The molecule has 0 bridgehead atoms. The molecule has 1 atom stereocenters. The first-order valence-electron chi connectivity index (χ1n) is 6.71. The number of hydrogen-bond acceptors (Lipinski definition) is 5. The highest BCUT2D eigenvalue weighted by Crippen LogP contribution is 2.30. The third-order valence-electron chi connectivity index (χ3n) is 3.39. The summed E-state index contributed by atoms with van der Waals surface area (Å²) < 4.78 is 5.60. The Bertz CT molecular complexity index is 744. The molecule has 2 aromatic rings. The highest BCUT2D eigenvalue weighted by Gasteiger charge is 2.26. The van der Waals surface area contributed by atoms with Crippen LogP contribution < -0.4 is 10.1 Å². The second-order valence-corrected chi connectivity index (χ2v) is 6.34. The fraction of sp³-hybridized carbons (Fsp3) is 0.267. The van der Waals surface area contributed by atoms with Crippen molar-refractivity contribution in [3.05, 3.63) is 39.9 Å². The van der Waals surface area contributed by atoms with E-state index in [4.69, 9.17) is 16.3 Å². The predicted molar refractivity (Wildman–Crippen MR) is 84.9 cm³/mol. The Morgan fingerprint density at radius 3 is 3.00 bits per heavy atom. The number of thiazole rings is 1. The number of nitrogens with one attached hydrogen (secondary N) is 1. The predicted octanol–water partition coefficient (Wildman–Crippen LogP) is 3.19. The lowest BCUT2D eigenvalue weighted by molar-refractivity contribution is -0.121. The molecule has 114 valence electrons. The van der Waals surface area contributed by atoms with Crippen LogP contribution in [0, 0.1) is 5.92 Å². The van der Waals surface area contributed by atoms with Gasteiger partial charge in [0.15, 0.2) is 10.9 Å². The first-order valence-corrected chi connectivity index (χ1v) is 7.97. The van der Waals surface area contributed by atoms with Crippen LogP contribution in [0.15, 0.2) is 23.6 Å². The van der Waals surface area contributed by atoms with Gasteiger partial charge in [-0.25, -0.2) is 4.98 Å². The number of halogens is 1. The van der Waals surface area contributed by atoms with Crippen molar-refractivity contribution in [3.8, 4) is 5.75 Å². The monoisotopic (exact) mass is 336 g/mol. The number of aromatic nitrogens is 1. The van der Waals surface area contributed by atoms with Crippen LogP contribution in [0.1, 0.15) is 23.0 Å². The Morgan fingerprint density at radius 2 is 2.27 bits per heavy atom. The zero-order valence-electron chi connectivity index (χ0n) is 11.8. The molecule has 1 unspecified atom stereocenters. The number of carbonyl (C=O) groups is 2. The van der Waals surface area contributed by atoms with Crippen LogP contribution in [0.5, 0.6) is 5.75 Å². The zero-order chi connectivity index (χ0) is 15.7. The van der Waals surface area contributed by atoms with Gasteiger partial charge in [0.05, 0.1) is 5.92 Å². The highest BCUT2D eigenvalue weighted by atomic mass is 35.5. The van der Waals surface area contributed by atoms with Crippen molar-refractivity contribution >= 4 is 39.8 Å². The highest BCUT2D eigenvalue weighted by molar-refractivity contribution is 7.14. The SMILES string of the molecule is CC(=O)c1csc(NC(=O)C2COc3ccc(Cl)cc3C2)n1. The van der Waals surface area contributed by atoms with Crippen molar-refractivity contribution in [2.75, 3.05) is 11.9 Å². The molecule has 1 N–H and O–H groups in total. The maximum absolute atomic E-state index is 12.3. The number of ether oxygens (including phenoxy) is 1. The Balaban J connectivity index is 1.69. The Hall–Kier alpha value is -1.92. The van der Waals surface area contributed by atoms with E-state index in [2.05, 4.69) is 10.3 Å². The molecular weight excluding hydrogens is 324 g/mol. The zero-order valence-corrected chi connectivity index (χ0v) is 13.3. The van der Waals surface area contributed by atoms with Crippen LogP contribution in [0.25, 0.3) is 0 Å². The van der Waals surface area contributed by atoms with Gasteiger partial charge in [0.2, 0.25) is 5.91 Å². The Labute approximate surface area is 136 Å². The van der Waals surface area contributed by atoms with Crippen molar-refractivity contribution < 1.29 is 14.3 Å². The molecule has 0 fully saturated rings. The van der Waals surface area contributed by atoms with E-state index >= 15 is 0 Å². The maximum atomic E-state index is 12.3. The van der Waals surface area contributed by atoms with Gasteiger partial charge in [-0.3, -0.25) is 9.59 Å². The largest absolute Gasteiger partial charge is 0.492 e. The van der Waals surface area contributed by atoms with Crippen LogP contribution in [0.2, 0.25) is 5.02 Å². The van der Waals surface area contributed by atoms with Gasteiger partial charge in [-0.2, -0.15) is 0 Å². The number of carbonyl (C=O) groups excluding carboxylic acids is 2.